The van der Waals surface area contributed by atoms with E-state index in [9.17, 15) is 0 Å². The van der Waals surface area contributed by atoms with Gasteiger partial charge in [-0.1, -0.05) is 13.0 Å². The Kier molecular flexibility index (Phi) is 4.48. The number of nitrogens with one attached hydrogen (secondary N) is 2. The summed E-state index contributed by atoms with van der Waals surface area (Å²) in [5.74, 6) is 0. The van der Waals surface area contributed by atoms with Gasteiger partial charge in [0.05, 0.1) is 22.8 Å². The van der Waals surface area contributed by atoms with Crippen LogP contribution in [0.5, 0.6) is 0 Å². The van der Waals surface area contributed by atoms with E-state index in [2.05, 4.69) is 51.9 Å². The highest BCUT2D eigenvalue weighted by atomic mass is 32.1. The van der Waals surface area contributed by atoms with E-state index in [4.69, 9.17) is 0 Å². The van der Waals surface area contributed by atoms with Crippen molar-refractivity contribution in [3.8, 4) is 10.6 Å². The highest BCUT2D eigenvalue weighted by molar-refractivity contribution is 7.13. The predicted octanol–water partition coefficient (Wildman–Crippen LogP) is 4.01. The molecule has 3 heterocycles. The summed E-state index contributed by atoms with van der Waals surface area (Å²) in [4.78, 5) is 7.05. The van der Waals surface area contributed by atoms with Crippen LogP contribution in [0.25, 0.3) is 10.6 Å². The quantitative estimate of drug-likeness (QED) is 0.722. The molecule has 2 N–H and O–H groups in total. The van der Waals surface area contributed by atoms with Gasteiger partial charge in [0.2, 0.25) is 0 Å². The summed E-state index contributed by atoms with van der Waals surface area (Å²) in [7, 11) is 0. The summed E-state index contributed by atoms with van der Waals surface area (Å²) in [5, 5.41) is 14.0. The average molecular weight is 318 g/mol. The van der Waals surface area contributed by atoms with E-state index >= 15 is 0 Å². The van der Waals surface area contributed by atoms with E-state index in [0.717, 1.165) is 23.7 Å². The molecule has 21 heavy (non-hydrogen) atoms. The highest BCUT2D eigenvalue weighted by Gasteiger charge is 2.13. The van der Waals surface area contributed by atoms with Crippen molar-refractivity contribution >= 4 is 22.7 Å². The van der Waals surface area contributed by atoms with Crippen LogP contribution in [0.1, 0.15) is 35.3 Å². The maximum absolute atomic E-state index is 4.49. The van der Waals surface area contributed by atoms with E-state index < -0.39 is 0 Å². The van der Waals surface area contributed by atoms with Crippen LogP contribution in [0, 0.1) is 0 Å². The third kappa shape index (κ3) is 3.23. The van der Waals surface area contributed by atoms with Crippen molar-refractivity contribution in [3.05, 3.63) is 45.4 Å². The number of aromatic amines is 1. The molecule has 0 amide bonds. The number of thiophene rings is 1. The molecule has 0 aliphatic heterocycles. The van der Waals surface area contributed by atoms with Crippen molar-refractivity contribution in [2.75, 3.05) is 0 Å². The number of aromatic nitrogens is 3. The molecule has 6 heteroatoms. The van der Waals surface area contributed by atoms with Crippen LogP contribution in [-0.4, -0.2) is 15.2 Å². The van der Waals surface area contributed by atoms with E-state index in [0.29, 0.717) is 0 Å². The molecule has 1 atom stereocenters. The molecule has 110 valence electrons. The van der Waals surface area contributed by atoms with Crippen LogP contribution >= 0.6 is 22.7 Å². The minimum atomic E-state index is 0.251. The van der Waals surface area contributed by atoms with Gasteiger partial charge >= 0.3 is 0 Å². The first-order valence-electron chi connectivity index (χ1n) is 7.02. The molecule has 3 rings (SSSR count). The zero-order valence-corrected chi connectivity index (χ0v) is 13.7. The molecular weight excluding hydrogens is 300 g/mol. The number of aryl methyl sites for hydroxylation is 1. The van der Waals surface area contributed by atoms with Crippen LogP contribution < -0.4 is 5.32 Å². The van der Waals surface area contributed by atoms with Gasteiger partial charge in [0.1, 0.15) is 5.01 Å². The van der Waals surface area contributed by atoms with E-state index in [1.54, 1.807) is 22.7 Å². The molecule has 0 saturated heterocycles. The number of rotatable bonds is 6. The molecule has 1 unspecified atom stereocenters. The van der Waals surface area contributed by atoms with Crippen molar-refractivity contribution in [1.82, 2.24) is 20.5 Å². The van der Waals surface area contributed by atoms with Crippen LogP contribution in [0.2, 0.25) is 0 Å². The fraction of sp³-hybridized carbons (Fsp3) is 0.333. The van der Waals surface area contributed by atoms with Gasteiger partial charge in [-0.15, -0.1) is 22.7 Å². The Morgan fingerprint density at radius 1 is 1.38 bits per heavy atom. The Hall–Kier alpha value is -1.50. The number of H-pyrrole nitrogens is 1. The van der Waals surface area contributed by atoms with Crippen molar-refractivity contribution in [1.29, 1.82) is 0 Å². The maximum atomic E-state index is 4.49. The second-order valence-electron chi connectivity index (χ2n) is 4.87. The summed E-state index contributed by atoms with van der Waals surface area (Å²) in [6, 6.07) is 4.42. The van der Waals surface area contributed by atoms with Crippen LogP contribution in [0.3, 0.4) is 0 Å². The average Bonchev–Trinajstić information content (AvgIpc) is 3.23. The van der Waals surface area contributed by atoms with Gasteiger partial charge in [-0.2, -0.15) is 5.10 Å². The minimum Gasteiger partial charge on any atom is -0.304 e. The zero-order valence-electron chi connectivity index (χ0n) is 12.1. The molecule has 0 saturated carbocycles. The smallest absolute Gasteiger partial charge is 0.109 e. The second-order valence-corrected chi connectivity index (χ2v) is 6.96. The molecule has 3 aromatic heterocycles. The molecular formula is C15H18N4S2. The molecule has 3 aromatic rings. The van der Waals surface area contributed by atoms with Crippen molar-refractivity contribution in [3.63, 3.8) is 0 Å². The Balaban J connectivity index is 1.67. The third-order valence-corrected chi connectivity index (χ3v) is 5.59. The molecule has 4 nitrogen and oxygen atoms in total. The Labute approximate surface area is 132 Å². The number of hydrogen-bond acceptors (Lipinski definition) is 5. The monoisotopic (exact) mass is 318 g/mol. The van der Waals surface area contributed by atoms with Crippen LogP contribution in [0.15, 0.2) is 29.9 Å². The fourth-order valence-electron chi connectivity index (χ4n) is 2.12. The van der Waals surface area contributed by atoms with Gasteiger partial charge in [0.25, 0.3) is 0 Å². The van der Waals surface area contributed by atoms with Gasteiger partial charge in [-0.05, 0) is 24.8 Å². The third-order valence-electron chi connectivity index (χ3n) is 3.37. The van der Waals surface area contributed by atoms with Gasteiger partial charge in [-0.25, -0.2) is 4.98 Å². The Morgan fingerprint density at radius 2 is 2.29 bits per heavy atom. The number of nitrogens with zero attached hydrogens (tertiary/aromatic N) is 2. The highest BCUT2D eigenvalue weighted by Crippen LogP contribution is 2.26. The molecule has 0 radical (unpaired) electrons. The van der Waals surface area contributed by atoms with Gasteiger partial charge in [-0.3, -0.25) is 5.10 Å². The van der Waals surface area contributed by atoms with E-state index in [1.165, 1.54) is 15.3 Å². The zero-order chi connectivity index (χ0) is 14.7. The van der Waals surface area contributed by atoms with E-state index in [1.807, 2.05) is 12.4 Å². The van der Waals surface area contributed by atoms with Crippen LogP contribution in [0.4, 0.5) is 0 Å². The molecule has 0 bridgehead atoms. The van der Waals surface area contributed by atoms with Crippen molar-refractivity contribution in [2.45, 2.75) is 32.9 Å². The van der Waals surface area contributed by atoms with E-state index in [-0.39, 0.29) is 6.04 Å². The topological polar surface area (TPSA) is 53.6 Å². The summed E-state index contributed by atoms with van der Waals surface area (Å²) in [6.45, 7) is 5.10. The first-order chi connectivity index (χ1) is 10.3. The fourth-order valence-corrected chi connectivity index (χ4v) is 3.76. The second kappa shape index (κ2) is 6.51. The van der Waals surface area contributed by atoms with Gasteiger partial charge in [0.15, 0.2) is 0 Å². The van der Waals surface area contributed by atoms with Crippen LogP contribution in [-0.2, 0) is 13.0 Å². The lowest BCUT2D eigenvalue weighted by molar-refractivity contribution is 0.572. The summed E-state index contributed by atoms with van der Waals surface area (Å²) in [6.07, 6.45) is 4.93. The van der Waals surface area contributed by atoms with Crippen molar-refractivity contribution < 1.29 is 0 Å². The van der Waals surface area contributed by atoms with Gasteiger partial charge in [0, 0.05) is 23.2 Å². The van der Waals surface area contributed by atoms with Crippen molar-refractivity contribution in [2.24, 2.45) is 0 Å². The maximum Gasteiger partial charge on any atom is 0.109 e. The number of hydrogen-bond donors (Lipinski definition) is 2. The first-order valence-corrected chi connectivity index (χ1v) is 8.71. The first kappa shape index (κ1) is 14.4. The lowest BCUT2D eigenvalue weighted by Gasteiger charge is -2.10. The largest absolute Gasteiger partial charge is 0.304 e. The predicted molar refractivity (Wildman–Crippen MR) is 88.6 cm³/mol. The molecule has 0 fully saturated rings. The minimum absolute atomic E-state index is 0.251. The standard InChI is InChI=1S/C15H18N4S2/c1-3-12-9-17-15(21-12)10(2)16-7-11-8-18-19-14(11)13-5-4-6-20-13/h4-6,8-10,16H,3,7H2,1-2H3,(H,18,19). The normalized spacial score (nSPS) is 12.7. The molecule has 0 aliphatic carbocycles. The molecule has 0 spiro atoms. The molecule has 0 aromatic carbocycles. The van der Waals surface area contributed by atoms with Gasteiger partial charge < -0.3 is 5.32 Å². The Bertz CT molecular complexity index is 684. The summed E-state index contributed by atoms with van der Waals surface area (Å²) >= 11 is 3.51. The SMILES string of the molecule is CCc1cnc(C(C)NCc2cn[nH]c2-c2cccs2)s1. The summed E-state index contributed by atoms with van der Waals surface area (Å²) < 4.78 is 0. The lowest BCUT2D eigenvalue weighted by Crippen LogP contribution is -2.17. The lowest BCUT2D eigenvalue weighted by atomic mass is 10.2. The summed E-state index contributed by atoms with van der Waals surface area (Å²) in [5.41, 5.74) is 2.30. The Morgan fingerprint density at radius 3 is 3.00 bits per heavy atom. The number of thiazole rings is 1. The molecule has 0 aliphatic rings.